The summed E-state index contributed by atoms with van der Waals surface area (Å²) < 4.78 is 0. The summed E-state index contributed by atoms with van der Waals surface area (Å²) in [6, 6.07) is 8.03. The molecular formula is C14H22ClNO. The minimum absolute atomic E-state index is 0.231. The van der Waals surface area contributed by atoms with Gasteiger partial charge in [0, 0.05) is 17.6 Å². The summed E-state index contributed by atoms with van der Waals surface area (Å²) in [6.07, 6.45) is 0.560. The highest BCUT2D eigenvalue weighted by atomic mass is 35.5. The van der Waals surface area contributed by atoms with Gasteiger partial charge in [0.15, 0.2) is 0 Å². The first-order valence-corrected chi connectivity index (χ1v) is 6.53. The lowest BCUT2D eigenvalue weighted by Crippen LogP contribution is -2.29. The van der Waals surface area contributed by atoms with E-state index in [1.165, 1.54) is 5.56 Å². The highest BCUT2D eigenvalue weighted by Crippen LogP contribution is 2.16. The second-order valence-corrected chi connectivity index (χ2v) is 5.40. The lowest BCUT2D eigenvalue weighted by molar-refractivity contribution is 0.143. The number of benzene rings is 1. The summed E-state index contributed by atoms with van der Waals surface area (Å²) in [5, 5.41) is 13.9. The maximum atomic E-state index is 9.78. The monoisotopic (exact) mass is 255 g/mol. The molecule has 0 heterocycles. The standard InChI is InChI=1S/C14H22ClNO/c1-10(2)8-14(17)9-16-11(3)12-4-6-13(15)7-5-12/h4-7,10-11,14,16-17H,8-9H2,1-3H3. The van der Waals surface area contributed by atoms with E-state index in [0.717, 1.165) is 11.4 Å². The van der Waals surface area contributed by atoms with Crippen LogP contribution in [0.15, 0.2) is 24.3 Å². The Labute approximate surface area is 109 Å². The van der Waals surface area contributed by atoms with E-state index in [4.69, 9.17) is 11.6 Å². The first-order chi connectivity index (χ1) is 7.99. The fraction of sp³-hybridized carbons (Fsp3) is 0.571. The lowest BCUT2D eigenvalue weighted by atomic mass is 10.0. The lowest BCUT2D eigenvalue weighted by Gasteiger charge is -2.18. The Kier molecular flexibility index (Phi) is 5.96. The van der Waals surface area contributed by atoms with Crippen LogP contribution in [0.4, 0.5) is 0 Å². The predicted molar refractivity (Wildman–Crippen MR) is 73.3 cm³/mol. The van der Waals surface area contributed by atoms with Gasteiger partial charge in [-0.15, -0.1) is 0 Å². The molecule has 1 aromatic carbocycles. The molecule has 0 fully saturated rings. The number of hydrogen-bond acceptors (Lipinski definition) is 2. The number of hydrogen-bond donors (Lipinski definition) is 2. The molecular weight excluding hydrogens is 234 g/mol. The summed E-state index contributed by atoms with van der Waals surface area (Å²) in [7, 11) is 0. The topological polar surface area (TPSA) is 32.3 Å². The molecule has 2 atom stereocenters. The second-order valence-electron chi connectivity index (χ2n) is 4.96. The van der Waals surface area contributed by atoms with Gasteiger partial charge in [0.1, 0.15) is 0 Å². The molecule has 0 aromatic heterocycles. The van der Waals surface area contributed by atoms with Crippen molar-refractivity contribution in [3.05, 3.63) is 34.9 Å². The number of aliphatic hydroxyl groups excluding tert-OH is 1. The summed E-state index contributed by atoms with van der Waals surface area (Å²) in [5.41, 5.74) is 1.19. The van der Waals surface area contributed by atoms with E-state index in [9.17, 15) is 5.11 Å². The quantitative estimate of drug-likeness (QED) is 0.817. The summed E-state index contributed by atoms with van der Waals surface area (Å²) in [6.45, 7) is 6.95. The van der Waals surface area contributed by atoms with Gasteiger partial charge in [0.25, 0.3) is 0 Å². The highest BCUT2D eigenvalue weighted by Gasteiger charge is 2.10. The van der Waals surface area contributed by atoms with Crippen LogP contribution in [-0.2, 0) is 0 Å². The van der Waals surface area contributed by atoms with Crippen molar-refractivity contribution in [1.82, 2.24) is 5.32 Å². The molecule has 1 aromatic rings. The average Bonchev–Trinajstić information content (AvgIpc) is 2.26. The summed E-state index contributed by atoms with van der Waals surface area (Å²) >= 11 is 5.84. The van der Waals surface area contributed by atoms with Gasteiger partial charge in [-0.05, 0) is 37.0 Å². The third-order valence-corrected chi connectivity index (χ3v) is 3.03. The van der Waals surface area contributed by atoms with Crippen LogP contribution >= 0.6 is 11.6 Å². The molecule has 0 bridgehead atoms. The third-order valence-electron chi connectivity index (χ3n) is 2.77. The average molecular weight is 256 g/mol. The van der Waals surface area contributed by atoms with Gasteiger partial charge in [0.2, 0.25) is 0 Å². The Morgan fingerprint density at radius 1 is 1.18 bits per heavy atom. The SMILES string of the molecule is CC(C)CC(O)CNC(C)c1ccc(Cl)cc1. The van der Waals surface area contributed by atoms with Crippen LogP contribution in [0.5, 0.6) is 0 Å². The maximum absolute atomic E-state index is 9.78. The van der Waals surface area contributed by atoms with Crippen molar-refractivity contribution in [2.45, 2.75) is 39.3 Å². The molecule has 17 heavy (non-hydrogen) atoms. The van der Waals surface area contributed by atoms with Crippen LogP contribution < -0.4 is 5.32 Å². The van der Waals surface area contributed by atoms with Crippen LogP contribution in [0.25, 0.3) is 0 Å². The van der Waals surface area contributed by atoms with Gasteiger partial charge in [-0.2, -0.15) is 0 Å². The number of nitrogens with one attached hydrogen (secondary N) is 1. The number of rotatable bonds is 6. The number of halogens is 1. The van der Waals surface area contributed by atoms with Gasteiger partial charge in [-0.1, -0.05) is 37.6 Å². The number of aliphatic hydroxyl groups is 1. The van der Waals surface area contributed by atoms with E-state index >= 15 is 0 Å². The van der Waals surface area contributed by atoms with E-state index in [2.05, 4.69) is 26.1 Å². The van der Waals surface area contributed by atoms with E-state index < -0.39 is 0 Å². The smallest absolute Gasteiger partial charge is 0.0667 e. The molecule has 0 amide bonds. The first-order valence-electron chi connectivity index (χ1n) is 6.16. The molecule has 0 aliphatic rings. The Morgan fingerprint density at radius 3 is 2.29 bits per heavy atom. The molecule has 3 heteroatoms. The molecule has 0 radical (unpaired) electrons. The minimum atomic E-state index is -0.273. The molecule has 2 nitrogen and oxygen atoms in total. The maximum Gasteiger partial charge on any atom is 0.0667 e. The van der Waals surface area contributed by atoms with Gasteiger partial charge in [0.05, 0.1) is 6.10 Å². The molecule has 0 aliphatic heterocycles. The van der Waals surface area contributed by atoms with Crippen LogP contribution in [0, 0.1) is 5.92 Å². The van der Waals surface area contributed by atoms with Crippen molar-refractivity contribution in [3.63, 3.8) is 0 Å². The Bertz CT molecular complexity index is 323. The molecule has 0 spiro atoms. The van der Waals surface area contributed by atoms with Crippen LogP contribution in [0.2, 0.25) is 5.02 Å². The van der Waals surface area contributed by atoms with E-state index in [1.54, 1.807) is 0 Å². The predicted octanol–water partition coefficient (Wildman–Crippen LogP) is 3.40. The van der Waals surface area contributed by atoms with Crippen LogP contribution in [0.3, 0.4) is 0 Å². The van der Waals surface area contributed by atoms with Gasteiger partial charge < -0.3 is 10.4 Å². The normalized spacial score (nSPS) is 14.9. The second kappa shape index (κ2) is 7.00. The zero-order valence-electron chi connectivity index (χ0n) is 10.8. The minimum Gasteiger partial charge on any atom is -0.392 e. The molecule has 2 N–H and O–H groups in total. The fourth-order valence-corrected chi connectivity index (χ4v) is 1.94. The zero-order valence-corrected chi connectivity index (χ0v) is 11.5. The van der Waals surface area contributed by atoms with Crippen molar-refractivity contribution in [1.29, 1.82) is 0 Å². The molecule has 2 unspecified atom stereocenters. The van der Waals surface area contributed by atoms with Crippen molar-refractivity contribution in [3.8, 4) is 0 Å². The molecule has 0 aliphatic carbocycles. The van der Waals surface area contributed by atoms with Crippen LogP contribution in [-0.4, -0.2) is 17.8 Å². The Morgan fingerprint density at radius 2 is 1.76 bits per heavy atom. The molecule has 0 saturated heterocycles. The van der Waals surface area contributed by atoms with Crippen molar-refractivity contribution in [2.75, 3.05) is 6.54 Å². The van der Waals surface area contributed by atoms with Crippen molar-refractivity contribution < 1.29 is 5.11 Å². The Hall–Kier alpha value is -0.570. The Balaban J connectivity index is 2.39. The van der Waals surface area contributed by atoms with E-state index in [-0.39, 0.29) is 12.1 Å². The first kappa shape index (κ1) is 14.5. The largest absolute Gasteiger partial charge is 0.392 e. The molecule has 0 saturated carbocycles. The fourth-order valence-electron chi connectivity index (χ4n) is 1.81. The van der Waals surface area contributed by atoms with Gasteiger partial charge in [-0.25, -0.2) is 0 Å². The summed E-state index contributed by atoms with van der Waals surface area (Å²) in [5.74, 6) is 0.526. The van der Waals surface area contributed by atoms with E-state index in [1.807, 2.05) is 24.3 Å². The van der Waals surface area contributed by atoms with Crippen molar-refractivity contribution >= 4 is 11.6 Å². The molecule has 1 rings (SSSR count). The highest BCUT2D eigenvalue weighted by molar-refractivity contribution is 6.30. The van der Waals surface area contributed by atoms with Crippen LogP contribution in [0.1, 0.15) is 38.8 Å². The van der Waals surface area contributed by atoms with Gasteiger partial charge >= 0.3 is 0 Å². The zero-order chi connectivity index (χ0) is 12.8. The molecule has 96 valence electrons. The van der Waals surface area contributed by atoms with Gasteiger partial charge in [-0.3, -0.25) is 0 Å². The van der Waals surface area contributed by atoms with Crippen molar-refractivity contribution in [2.24, 2.45) is 5.92 Å². The third kappa shape index (κ3) is 5.53. The van der Waals surface area contributed by atoms with E-state index in [0.29, 0.717) is 12.5 Å². The summed E-state index contributed by atoms with van der Waals surface area (Å²) in [4.78, 5) is 0.